The van der Waals surface area contributed by atoms with Crippen LogP contribution in [0.5, 0.6) is 0 Å². The molecule has 2 rings (SSSR count). The molecule has 1 aromatic rings. The summed E-state index contributed by atoms with van der Waals surface area (Å²) in [6, 6.07) is 2.24. The molecular weight excluding hydrogens is 359 g/mol. The molecule has 0 unspecified atom stereocenters. The highest BCUT2D eigenvalue weighted by Gasteiger charge is 2.17. The van der Waals surface area contributed by atoms with Gasteiger partial charge in [0.1, 0.15) is 11.6 Å². The quantitative estimate of drug-likeness (QED) is 0.803. The van der Waals surface area contributed by atoms with E-state index in [9.17, 15) is 17.2 Å². The molecule has 128 valence electrons. The van der Waals surface area contributed by atoms with Crippen LogP contribution < -0.4 is 10.0 Å². The lowest BCUT2D eigenvalue weighted by Gasteiger charge is -2.27. The third-order valence-electron chi connectivity index (χ3n) is 3.08. The maximum Gasteiger partial charge on any atom is 0.240 e. The number of nitrogens with zero attached hydrogens (tertiary/aromatic N) is 1. The van der Waals surface area contributed by atoms with E-state index in [-0.39, 0.29) is 31.4 Å². The maximum atomic E-state index is 13.0. The molecule has 0 atom stereocenters. The highest BCUT2D eigenvalue weighted by atomic mass is 35.5. The topological polar surface area (TPSA) is 61.4 Å². The van der Waals surface area contributed by atoms with Crippen LogP contribution in [-0.2, 0) is 10.0 Å². The van der Waals surface area contributed by atoms with Crippen molar-refractivity contribution in [2.75, 3.05) is 39.3 Å². The van der Waals surface area contributed by atoms with Gasteiger partial charge in [0, 0.05) is 45.3 Å². The normalized spacial score (nSPS) is 15.7. The number of hydrogen-bond acceptors (Lipinski definition) is 4. The molecule has 0 aliphatic carbocycles. The highest BCUT2D eigenvalue weighted by Crippen LogP contribution is 2.13. The van der Waals surface area contributed by atoms with Gasteiger partial charge in [-0.15, -0.1) is 24.8 Å². The van der Waals surface area contributed by atoms with Crippen LogP contribution in [0.3, 0.4) is 0 Å². The zero-order chi connectivity index (χ0) is 14.6. The maximum absolute atomic E-state index is 13.0. The van der Waals surface area contributed by atoms with E-state index in [0.29, 0.717) is 12.6 Å². The van der Waals surface area contributed by atoms with Crippen LogP contribution >= 0.6 is 24.8 Å². The SMILES string of the molecule is Cl.Cl.O=S(=O)(NCCN1CCNCC1)c1cc(F)cc(F)c1. The monoisotopic (exact) mass is 377 g/mol. The molecule has 1 aliphatic rings. The lowest BCUT2D eigenvalue weighted by atomic mass is 10.3. The van der Waals surface area contributed by atoms with Gasteiger partial charge < -0.3 is 5.32 Å². The van der Waals surface area contributed by atoms with Gasteiger partial charge in [-0.3, -0.25) is 4.90 Å². The van der Waals surface area contributed by atoms with Gasteiger partial charge in [0.15, 0.2) is 0 Å². The largest absolute Gasteiger partial charge is 0.314 e. The third kappa shape index (κ3) is 6.31. The number of benzene rings is 1. The lowest BCUT2D eigenvalue weighted by molar-refractivity contribution is 0.245. The fraction of sp³-hybridized carbons (Fsp3) is 0.500. The summed E-state index contributed by atoms with van der Waals surface area (Å²) >= 11 is 0. The molecule has 2 N–H and O–H groups in total. The Bertz CT molecular complexity index is 549. The Morgan fingerprint density at radius 3 is 2.18 bits per heavy atom. The first-order valence-corrected chi connectivity index (χ1v) is 7.84. The molecule has 0 aromatic heterocycles. The number of rotatable bonds is 5. The predicted octanol–water partition coefficient (Wildman–Crippen LogP) is 0.992. The fourth-order valence-electron chi connectivity index (χ4n) is 2.04. The van der Waals surface area contributed by atoms with E-state index >= 15 is 0 Å². The fourth-order valence-corrected chi connectivity index (χ4v) is 3.10. The molecule has 22 heavy (non-hydrogen) atoms. The van der Waals surface area contributed by atoms with E-state index in [1.165, 1.54) is 0 Å². The highest BCUT2D eigenvalue weighted by molar-refractivity contribution is 7.89. The van der Waals surface area contributed by atoms with Crippen molar-refractivity contribution in [3.8, 4) is 0 Å². The summed E-state index contributed by atoms with van der Waals surface area (Å²) < 4.78 is 52.2. The Labute approximate surface area is 141 Å². The Balaban J connectivity index is 0.00000220. The summed E-state index contributed by atoms with van der Waals surface area (Å²) in [5, 5.41) is 3.20. The number of nitrogens with one attached hydrogen (secondary N) is 2. The first kappa shape index (κ1) is 21.5. The van der Waals surface area contributed by atoms with Crippen LogP contribution in [0.25, 0.3) is 0 Å². The minimum atomic E-state index is -3.88. The average molecular weight is 378 g/mol. The second kappa shape index (κ2) is 9.59. The summed E-state index contributed by atoms with van der Waals surface area (Å²) in [6.07, 6.45) is 0. The van der Waals surface area contributed by atoms with E-state index < -0.39 is 26.6 Å². The van der Waals surface area contributed by atoms with Crippen molar-refractivity contribution in [1.29, 1.82) is 0 Å². The van der Waals surface area contributed by atoms with Crippen molar-refractivity contribution in [2.45, 2.75) is 4.90 Å². The van der Waals surface area contributed by atoms with Crippen molar-refractivity contribution in [2.24, 2.45) is 0 Å². The molecule has 5 nitrogen and oxygen atoms in total. The van der Waals surface area contributed by atoms with Crippen molar-refractivity contribution >= 4 is 34.8 Å². The molecule has 1 heterocycles. The average Bonchev–Trinajstić information content (AvgIpc) is 2.38. The summed E-state index contributed by atoms with van der Waals surface area (Å²) in [6.45, 7) is 4.25. The van der Waals surface area contributed by atoms with Gasteiger partial charge in [0.2, 0.25) is 10.0 Å². The van der Waals surface area contributed by atoms with Crippen molar-refractivity contribution in [3.05, 3.63) is 29.8 Å². The minimum absolute atomic E-state index is 0. The van der Waals surface area contributed by atoms with E-state index in [2.05, 4.69) is 14.9 Å². The molecule has 10 heteroatoms. The number of halogens is 4. The Hall–Kier alpha value is -0.510. The molecule has 1 aliphatic heterocycles. The van der Waals surface area contributed by atoms with Gasteiger partial charge in [0.25, 0.3) is 0 Å². The first-order chi connectivity index (χ1) is 9.47. The Kier molecular flexibility index (Phi) is 9.37. The van der Waals surface area contributed by atoms with Crippen LogP contribution in [0, 0.1) is 11.6 Å². The molecule has 1 fully saturated rings. The van der Waals surface area contributed by atoms with Crippen molar-refractivity contribution in [3.63, 3.8) is 0 Å². The molecule has 0 spiro atoms. The summed E-state index contributed by atoms with van der Waals surface area (Å²) in [5.41, 5.74) is 0. The van der Waals surface area contributed by atoms with Gasteiger partial charge in [-0.1, -0.05) is 0 Å². The standard InChI is InChI=1S/C12H17F2N3O2S.2ClH/c13-10-7-11(14)9-12(8-10)20(18,19)16-3-6-17-4-1-15-2-5-17;;/h7-9,15-16H,1-6H2;2*1H. The van der Waals surface area contributed by atoms with Crippen molar-refractivity contribution in [1.82, 2.24) is 14.9 Å². The lowest BCUT2D eigenvalue weighted by Crippen LogP contribution is -2.46. The van der Waals surface area contributed by atoms with E-state index in [1.54, 1.807) is 0 Å². The Morgan fingerprint density at radius 1 is 1.09 bits per heavy atom. The summed E-state index contributed by atoms with van der Waals surface area (Å²) in [4.78, 5) is 1.72. The van der Waals surface area contributed by atoms with Gasteiger partial charge in [0.05, 0.1) is 4.90 Å². The summed E-state index contributed by atoms with van der Waals surface area (Å²) in [7, 11) is -3.88. The van der Waals surface area contributed by atoms with Crippen LogP contribution in [0.15, 0.2) is 23.1 Å². The van der Waals surface area contributed by atoms with E-state index in [4.69, 9.17) is 0 Å². The molecule has 1 aromatic carbocycles. The third-order valence-corrected chi connectivity index (χ3v) is 4.52. The summed E-state index contributed by atoms with van der Waals surface area (Å²) in [5.74, 6) is -1.82. The van der Waals surface area contributed by atoms with E-state index in [1.807, 2.05) is 0 Å². The van der Waals surface area contributed by atoms with Gasteiger partial charge in [-0.2, -0.15) is 0 Å². The minimum Gasteiger partial charge on any atom is -0.314 e. The van der Waals surface area contributed by atoms with Crippen LogP contribution in [-0.4, -0.2) is 52.6 Å². The molecule has 0 amide bonds. The Morgan fingerprint density at radius 2 is 1.64 bits per heavy atom. The van der Waals surface area contributed by atoms with Crippen LogP contribution in [0.1, 0.15) is 0 Å². The number of piperazine rings is 1. The van der Waals surface area contributed by atoms with Gasteiger partial charge >= 0.3 is 0 Å². The molecule has 0 radical (unpaired) electrons. The van der Waals surface area contributed by atoms with Gasteiger partial charge in [-0.25, -0.2) is 21.9 Å². The smallest absolute Gasteiger partial charge is 0.240 e. The number of hydrogen-bond donors (Lipinski definition) is 2. The van der Waals surface area contributed by atoms with Crippen LogP contribution in [0.4, 0.5) is 8.78 Å². The second-order valence-electron chi connectivity index (χ2n) is 4.59. The first-order valence-electron chi connectivity index (χ1n) is 6.36. The molecule has 0 bridgehead atoms. The van der Waals surface area contributed by atoms with Crippen LogP contribution in [0.2, 0.25) is 0 Å². The second-order valence-corrected chi connectivity index (χ2v) is 6.36. The molecule has 1 saturated heterocycles. The molecular formula is C12H19Cl2F2N3O2S. The van der Waals surface area contributed by atoms with Crippen molar-refractivity contribution < 1.29 is 17.2 Å². The zero-order valence-electron chi connectivity index (χ0n) is 11.7. The molecule has 0 saturated carbocycles. The van der Waals surface area contributed by atoms with E-state index in [0.717, 1.165) is 38.3 Å². The zero-order valence-corrected chi connectivity index (χ0v) is 14.2. The predicted molar refractivity (Wildman–Crippen MR) is 85.4 cm³/mol. The van der Waals surface area contributed by atoms with Gasteiger partial charge in [-0.05, 0) is 12.1 Å². The number of sulfonamides is 1.